The molecule has 29 heavy (non-hydrogen) atoms. The molecule has 0 N–H and O–H groups in total. The van der Waals surface area contributed by atoms with Crippen molar-refractivity contribution in [2.24, 2.45) is 0 Å². The molecule has 1 aromatic heterocycles. The topological polar surface area (TPSA) is 72.0 Å². The molecule has 1 atom stereocenters. The molecule has 8 heteroatoms. The molecule has 2 aromatic rings. The summed E-state index contributed by atoms with van der Waals surface area (Å²) >= 11 is 1.57. The second kappa shape index (κ2) is 9.09. The molecule has 1 unspecified atom stereocenters. The van der Waals surface area contributed by atoms with Crippen LogP contribution in [-0.2, 0) is 20.8 Å². The maximum Gasteiger partial charge on any atom is 0.410 e. The van der Waals surface area contributed by atoms with Crippen LogP contribution in [0.25, 0.3) is 10.2 Å². The average molecular weight is 420 g/mol. The van der Waals surface area contributed by atoms with Crippen molar-refractivity contribution < 1.29 is 19.1 Å². The van der Waals surface area contributed by atoms with Crippen molar-refractivity contribution in [2.75, 3.05) is 26.7 Å². The summed E-state index contributed by atoms with van der Waals surface area (Å²) in [5.41, 5.74) is 0.309. The molecule has 0 aliphatic carbocycles. The van der Waals surface area contributed by atoms with E-state index in [2.05, 4.69) is 4.98 Å². The summed E-state index contributed by atoms with van der Waals surface area (Å²) in [6.07, 6.45) is 1.31. The van der Waals surface area contributed by atoms with Crippen molar-refractivity contribution in [3.8, 4) is 0 Å². The van der Waals surface area contributed by atoms with Gasteiger partial charge in [-0.2, -0.15) is 0 Å². The first kappa shape index (κ1) is 21.5. The summed E-state index contributed by atoms with van der Waals surface area (Å²) in [4.78, 5) is 33.1. The number of rotatable bonds is 6. The number of nitrogens with zero attached hydrogens (tertiary/aromatic N) is 3. The van der Waals surface area contributed by atoms with Crippen LogP contribution in [-0.4, -0.2) is 65.2 Å². The third-order valence-corrected chi connectivity index (χ3v) is 5.58. The fraction of sp³-hybridized carbons (Fsp3) is 0.571. The molecule has 1 saturated heterocycles. The molecule has 2 amide bonds. The lowest BCUT2D eigenvalue weighted by molar-refractivity contribution is -0.132. The first-order valence-corrected chi connectivity index (χ1v) is 10.7. The van der Waals surface area contributed by atoms with Crippen LogP contribution in [0.15, 0.2) is 24.3 Å². The van der Waals surface area contributed by atoms with Crippen molar-refractivity contribution in [1.29, 1.82) is 0 Å². The van der Waals surface area contributed by atoms with Crippen LogP contribution in [0.3, 0.4) is 0 Å². The zero-order valence-corrected chi connectivity index (χ0v) is 18.3. The smallest absolute Gasteiger partial charge is 0.410 e. The van der Waals surface area contributed by atoms with Gasteiger partial charge in [-0.05, 0) is 45.7 Å². The molecular weight excluding hydrogens is 390 g/mol. The van der Waals surface area contributed by atoms with E-state index in [1.54, 1.807) is 23.3 Å². The maximum absolute atomic E-state index is 12.8. The van der Waals surface area contributed by atoms with Gasteiger partial charge in [0.1, 0.15) is 17.2 Å². The van der Waals surface area contributed by atoms with Crippen molar-refractivity contribution in [3.05, 3.63) is 29.3 Å². The minimum atomic E-state index is -0.623. The minimum Gasteiger partial charge on any atom is -0.444 e. The van der Waals surface area contributed by atoms with Crippen LogP contribution in [0.5, 0.6) is 0 Å². The van der Waals surface area contributed by atoms with Gasteiger partial charge in [0.15, 0.2) is 0 Å². The van der Waals surface area contributed by atoms with Crippen molar-refractivity contribution in [1.82, 2.24) is 14.8 Å². The van der Waals surface area contributed by atoms with Crippen LogP contribution in [0.1, 0.15) is 38.6 Å². The second-order valence-corrected chi connectivity index (χ2v) is 9.44. The molecule has 2 heterocycles. The lowest BCUT2D eigenvalue weighted by Crippen LogP contribution is -2.46. The molecule has 0 saturated carbocycles. The quantitative estimate of drug-likeness (QED) is 0.714. The monoisotopic (exact) mass is 419 g/mol. The molecule has 1 fully saturated rings. The van der Waals surface area contributed by atoms with Crippen molar-refractivity contribution in [2.45, 2.75) is 51.9 Å². The van der Waals surface area contributed by atoms with E-state index >= 15 is 0 Å². The van der Waals surface area contributed by atoms with E-state index in [0.717, 1.165) is 28.1 Å². The summed E-state index contributed by atoms with van der Waals surface area (Å²) in [6.45, 7) is 6.85. The number of carbonyl (C=O) groups excluding carboxylic acids is 2. The zero-order chi connectivity index (χ0) is 21.0. The predicted molar refractivity (Wildman–Crippen MR) is 113 cm³/mol. The first-order valence-electron chi connectivity index (χ1n) is 9.89. The highest BCUT2D eigenvalue weighted by atomic mass is 32.1. The number of likely N-dealkylation sites (N-methyl/N-ethyl adjacent to an activating group) is 1. The van der Waals surface area contributed by atoms with E-state index in [4.69, 9.17) is 9.47 Å². The van der Waals surface area contributed by atoms with E-state index in [1.165, 1.54) is 4.90 Å². The van der Waals surface area contributed by atoms with Crippen LogP contribution < -0.4 is 0 Å². The minimum absolute atomic E-state index is 0.0455. The average Bonchev–Trinajstić information content (AvgIpc) is 3.28. The van der Waals surface area contributed by atoms with Gasteiger partial charge in [-0.3, -0.25) is 9.69 Å². The van der Waals surface area contributed by atoms with Gasteiger partial charge in [0.25, 0.3) is 0 Å². The molecule has 7 nitrogen and oxygen atoms in total. The number of carbonyl (C=O) groups is 2. The Morgan fingerprint density at radius 1 is 1.31 bits per heavy atom. The Bertz CT molecular complexity index is 822. The predicted octanol–water partition coefficient (Wildman–Crippen LogP) is 3.67. The molecule has 0 spiro atoms. The molecule has 3 rings (SSSR count). The highest BCUT2D eigenvalue weighted by molar-refractivity contribution is 7.18. The zero-order valence-electron chi connectivity index (χ0n) is 17.5. The Morgan fingerprint density at radius 3 is 2.72 bits per heavy atom. The van der Waals surface area contributed by atoms with Crippen LogP contribution in [0.4, 0.5) is 4.79 Å². The number of aromatic nitrogens is 1. The Kier molecular flexibility index (Phi) is 6.74. The van der Waals surface area contributed by atoms with E-state index < -0.39 is 11.7 Å². The van der Waals surface area contributed by atoms with Gasteiger partial charge in [-0.1, -0.05) is 12.1 Å². The van der Waals surface area contributed by atoms with Crippen LogP contribution in [0, 0.1) is 0 Å². The van der Waals surface area contributed by atoms with Crippen LogP contribution in [0.2, 0.25) is 0 Å². The Balaban J connectivity index is 1.64. The fourth-order valence-electron chi connectivity index (χ4n) is 3.13. The number of hydrogen-bond donors (Lipinski definition) is 0. The molecular formula is C21H29N3O4S. The van der Waals surface area contributed by atoms with E-state index in [9.17, 15) is 9.59 Å². The molecule has 1 aliphatic rings. The number of para-hydroxylation sites is 1. The fourth-order valence-corrected chi connectivity index (χ4v) is 4.15. The van der Waals surface area contributed by atoms with Gasteiger partial charge in [-0.25, -0.2) is 9.78 Å². The van der Waals surface area contributed by atoms with Gasteiger partial charge in [0.05, 0.1) is 29.4 Å². The van der Waals surface area contributed by atoms with E-state index in [1.807, 2.05) is 45.0 Å². The van der Waals surface area contributed by atoms with E-state index in [0.29, 0.717) is 19.7 Å². The molecule has 0 radical (unpaired) electrons. The van der Waals surface area contributed by atoms with Crippen LogP contribution >= 0.6 is 11.3 Å². The Labute approximate surface area is 175 Å². The lowest BCUT2D eigenvalue weighted by atomic mass is 10.2. The number of fused-ring (bicyclic) bond motifs is 1. The number of thiazole rings is 1. The van der Waals surface area contributed by atoms with E-state index in [-0.39, 0.29) is 18.6 Å². The van der Waals surface area contributed by atoms with Gasteiger partial charge in [0, 0.05) is 13.7 Å². The Morgan fingerprint density at radius 2 is 2.07 bits per heavy atom. The SMILES string of the molecule is CN(Cc1nc2ccccc2s1)C(=O)CN(CC1CCCO1)C(=O)OC(C)(C)C. The molecule has 1 aliphatic heterocycles. The largest absolute Gasteiger partial charge is 0.444 e. The number of benzene rings is 1. The standard InChI is InChI=1S/C21H29N3O4S/c1-21(2,3)28-20(26)24(12-15-8-7-11-27-15)14-19(25)23(4)13-18-22-16-9-5-6-10-17(16)29-18/h5-6,9-10,15H,7-8,11-14H2,1-4H3. The summed E-state index contributed by atoms with van der Waals surface area (Å²) in [5, 5.41) is 0.866. The summed E-state index contributed by atoms with van der Waals surface area (Å²) in [7, 11) is 1.73. The maximum atomic E-state index is 12.8. The number of hydrogen-bond acceptors (Lipinski definition) is 6. The van der Waals surface area contributed by atoms with Gasteiger partial charge in [0.2, 0.25) is 5.91 Å². The van der Waals surface area contributed by atoms with Gasteiger partial charge < -0.3 is 14.4 Å². The summed E-state index contributed by atoms with van der Waals surface area (Å²) in [6, 6.07) is 7.90. The van der Waals surface area contributed by atoms with Crippen molar-refractivity contribution in [3.63, 3.8) is 0 Å². The first-order chi connectivity index (χ1) is 13.7. The number of ether oxygens (including phenoxy) is 2. The lowest BCUT2D eigenvalue weighted by Gasteiger charge is -2.29. The molecule has 1 aromatic carbocycles. The summed E-state index contributed by atoms with van der Waals surface area (Å²) < 4.78 is 12.2. The third-order valence-electron chi connectivity index (χ3n) is 4.56. The third kappa shape index (κ3) is 6.14. The number of amides is 2. The van der Waals surface area contributed by atoms with Gasteiger partial charge in [-0.15, -0.1) is 11.3 Å². The highest BCUT2D eigenvalue weighted by Gasteiger charge is 2.29. The normalized spacial score (nSPS) is 16.8. The highest BCUT2D eigenvalue weighted by Crippen LogP contribution is 2.22. The van der Waals surface area contributed by atoms with Crippen molar-refractivity contribution >= 4 is 33.6 Å². The molecule has 158 valence electrons. The summed E-state index contributed by atoms with van der Waals surface area (Å²) in [5.74, 6) is -0.159. The van der Waals surface area contributed by atoms with Gasteiger partial charge >= 0.3 is 6.09 Å². The Hall–Kier alpha value is -2.19. The second-order valence-electron chi connectivity index (χ2n) is 8.32. The molecule has 0 bridgehead atoms.